The number of allylic oxidation sites excluding steroid dienone is 1. The average Bonchev–Trinajstić information content (AvgIpc) is 2.82. The first-order chi connectivity index (χ1) is 17.0. The summed E-state index contributed by atoms with van der Waals surface area (Å²) in [5.74, 6) is -2.24. The minimum atomic E-state index is -0.825. The largest absolute Gasteiger partial charge is 0.464 e. The van der Waals surface area contributed by atoms with Gasteiger partial charge < -0.3 is 20.5 Å². The van der Waals surface area contributed by atoms with Gasteiger partial charge in [0, 0.05) is 29.4 Å². The Labute approximate surface area is 207 Å². The molecule has 0 aromatic heterocycles. The summed E-state index contributed by atoms with van der Waals surface area (Å²) in [7, 11) is 0. The molecule has 1 unspecified atom stereocenters. The van der Waals surface area contributed by atoms with Gasteiger partial charge in [0.2, 0.25) is 12.3 Å². The number of aliphatic hydroxyl groups is 1. The van der Waals surface area contributed by atoms with E-state index in [4.69, 9.17) is 9.84 Å². The Morgan fingerprint density at radius 1 is 1.19 bits per heavy atom. The Kier molecular flexibility index (Phi) is 6.73. The summed E-state index contributed by atoms with van der Waals surface area (Å²) in [5.41, 5.74) is 1.93. The van der Waals surface area contributed by atoms with Crippen LogP contribution in [0, 0.1) is 5.82 Å². The molecule has 3 amide bonds. The van der Waals surface area contributed by atoms with Gasteiger partial charge in [0.05, 0.1) is 6.61 Å². The molecule has 1 atom stereocenters. The van der Waals surface area contributed by atoms with E-state index in [1.165, 1.54) is 22.9 Å². The first-order valence-corrected chi connectivity index (χ1v) is 11.5. The number of halogens is 1. The maximum Gasteiger partial charge on any atom is 0.431 e. The lowest BCUT2D eigenvalue weighted by Gasteiger charge is -2.31. The van der Waals surface area contributed by atoms with E-state index >= 15 is 0 Å². The number of hydrogen-bond acceptors (Lipinski definition) is 6. The van der Waals surface area contributed by atoms with Gasteiger partial charge in [-0.05, 0) is 51.8 Å². The second-order valence-corrected chi connectivity index (χ2v) is 9.72. The zero-order valence-electron chi connectivity index (χ0n) is 20.5. The normalized spacial score (nSPS) is 19.1. The molecule has 0 fully saturated rings. The van der Waals surface area contributed by atoms with Crippen LogP contribution >= 0.6 is 0 Å². The fraction of sp³-hybridized carbons (Fsp3) is 0.346. The van der Waals surface area contributed by atoms with Crippen LogP contribution in [-0.4, -0.2) is 63.6 Å². The number of nitrogens with zero attached hydrogens (tertiary/aromatic N) is 2. The Morgan fingerprint density at radius 3 is 2.53 bits per heavy atom. The van der Waals surface area contributed by atoms with Gasteiger partial charge >= 0.3 is 5.91 Å². The van der Waals surface area contributed by atoms with Gasteiger partial charge in [-0.2, -0.15) is 0 Å². The number of aliphatic imine (C=N–C) groups is 1. The molecule has 0 aliphatic carbocycles. The summed E-state index contributed by atoms with van der Waals surface area (Å²) in [6.07, 6.45) is 2.39. The molecular weight excluding hydrogens is 467 g/mol. The number of ether oxygens (including phenoxy) is 1. The van der Waals surface area contributed by atoms with Crippen LogP contribution in [0.15, 0.2) is 64.1 Å². The van der Waals surface area contributed by atoms with E-state index in [1.807, 2.05) is 20.8 Å². The van der Waals surface area contributed by atoms with E-state index in [0.29, 0.717) is 29.0 Å². The Hall–Kier alpha value is -3.92. The van der Waals surface area contributed by atoms with Crippen molar-refractivity contribution in [3.8, 4) is 0 Å². The molecule has 3 N–H and O–H groups in total. The summed E-state index contributed by atoms with van der Waals surface area (Å²) >= 11 is 0. The van der Waals surface area contributed by atoms with Gasteiger partial charge in [-0.3, -0.25) is 9.59 Å². The highest BCUT2D eigenvalue weighted by Gasteiger charge is 2.50. The Bertz CT molecular complexity index is 1300. The monoisotopic (exact) mass is 495 g/mol. The number of nitrogens with one attached hydrogen (secondary N) is 2. The number of rotatable bonds is 6. The van der Waals surface area contributed by atoms with Crippen molar-refractivity contribution in [1.82, 2.24) is 10.6 Å². The highest BCUT2D eigenvalue weighted by molar-refractivity contribution is 6.53. The van der Waals surface area contributed by atoms with Crippen molar-refractivity contribution in [3.63, 3.8) is 0 Å². The highest BCUT2D eigenvalue weighted by Crippen LogP contribution is 2.31. The van der Waals surface area contributed by atoms with E-state index in [0.717, 1.165) is 5.56 Å². The third kappa shape index (κ3) is 4.90. The molecule has 4 rings (SSSR count). The van der Waals surface area contributed by atoms with Crippen molar-refractivity contribution in [2.45, 2.75) is 45.8 Å². The number of carbonyl (C=O) groups excluding carboxylic acids is 3. The zero-order chi connectivity index (χ0) is 26.2. The van der Waals surface area contributed by atoms with E-state index < -0.39 is 29.4 Å². The third-order valence-corrected chi connectivity index (χ3v) is 5.76. The van der Waals surface area contributed by atoms with Gasteiger partial charge in [-0.1, -0.05) is 12.1 Å². The number of benzene rings is 1. The van der Waals surface area contributed by atoms with Crippen LogP contribution in [0.2, 0.25) is 0 Å². The topological polar surface area (TPSA) is 120 Å². The van der Waals surface area contributed by atoms with Gasteiger partial charge in [0.25, 0.3) is 23.3 Å². The second-order valence-electron chi connectivity index (χ2n) is 9.72. The van der Waals surface area contributed by atoms with Gasteiger partial charge in [-0.25, -0.2) is 14.2 Å². The smallest absolute Gasteiger partial charge is 0.431 e. The molecule has 9 nitrogen and oxygen atoms in total. The summed E-state index contributed by atoms with van der Waals surface area (Å²) in [6.45, 7) is 6.78. The predicted molar refractivity (Wildman–Crippen MR) is 130 cm³/mol. The molecule has 36 heavy (non-hydrogen) atoms. The molecule has 0 radical (unpaired) electrons. The molecule has 0 saturated heterocycles. The lowest BCUT2D eigenvalue weighted by molar-refractivity contribution is -0.385. The zero-order valence-corrected chi connectivity index (χ0v) is 20.5. The molecule has 1 aromatic carbocycles. The summed E-state index contributed by atoms with van der Waals surface area (Å²) in [6, 6.07) is 5.99. The lowest BCUT2D eigenvalue weighted by Crippen LogP contribution is -2.52. The van der Waals surface area contributed by atoms with Crippen molar-refractivity contribution in [3.05, 3.63) is 70.5 Å². The predicted octanol–water partition coefficient (Wildman–Crippen LogP) is 1.28. The Balaban J connectivity index is 1.81. The van der Waals surface area contributed by atoms with Gasteiger partial charge in [-0.15, -0.1) is 4.58 Å². The molecule has 3 aliphatic rings. The van der Waals surface area contributed by atoms with E-state index in [9.17, 15) is 18.8 Å². The van der Waals surface area contributed by atoms with Crippen LogP contribution in [0.4, 0.5) is 4.39 Å². The van der Waals surface area contributed by atoms with Gasteiger partial charge in [0.15, 0.2) is 5.57 Å². The second kappa shape index (κ2) is 9.62. The molecule has 3 heterocycles. The maximum absolute atomic E-state index is 13.5. The van der Waals surface area contributed by atoms with E-state index in [1.54, 1.807) is 25.3 Å². The fourth-order valence-corrected chi connectivity index (χ4v) is 4.17. The Morgan fingerprint density at radius 2 is 1.89 bits per heavy atom. The maximum atomic E-state index is 13.5. The molecule has 10 heteroatoms. The molecule has 0 saturated carbocycles. The van der Waals surface area contributed by atoms with E-state index in [-0.39, 0.29) is 30.3 Å². The van der Waals surface area contributed by atoms with Crippen LogP contribution in [0.3, 0.4) is 0 Å². The number of hydrogen-bond donors (Lipinski definition) is 3. The standard InChI is InChI=1S/C26H27FN4O5/c1-14-19(24(34)28-9-10-32)25(35)31-13-18(23(33)30-26(2,3)4)36-22-16(12-29-20(14)21(22)31)11-15-5-7-17(27)8-6-15/h5-8,12-13,22,32H,9-11H2,1-4H3,(H-,28,30,33,34)/p+1. The minimum Gasteiger partial charge on any atom is -0.464 e. The quantitative estimate of drug-likeness (QED) is 0.406. The van der Waals surface area contributed by atoms with Crippen molar-refractivity contribution >= 4 is 29.1 Å². The number of aliphatic hydroxyl groups excluding tert-OH is 1. The summed E-state index contributed by atoms with van der Waals surface area (Å²) in [5, 5.41) is 14.4. The molecule has 0 bridgehead atoms. The molecular formula is C26H28FN4O5+. The minimum absolute atomic E-state index is 0.0194. The molecule has 3 aliphatic heterocycles. The first-order valence-electron chi connectivity index (χ1n) is 11.5. The molecule has 0 spiro atoms. The fourth-order valence-electron chi connectivity index (χ4n) is 4.17. The van der Waals surface area contributed by atoms with Crippen molar-refractivity contribution in [2.75, 3.05) is 13.2 Å². The summed E-state index contributed by atoms with van der Waals surface area (Å²) < 4.78 is 20.8. The van der Waals surface area contributed by atoms with Crippen LogP contribution < -0.4 is 10.6 Å². The van der Waals surface area contributed by atoms with Crippen LogP contribution in [0.5, 0.6) is 0 Å². The van der Waals surface area contributed by atoms with Gasteiger partial charge in [0.1, 0.15) is 11.5 Å². The average molecular weight is 496 g/mol. The highest BCUT2D eigenvalue weighted by atomic mass is 19.1. The van der Waals surface area contributed by atoms with Crippen molar-refractivity contribution < 1.29 is 33.2 Å². The third-order valence-electron chi connectivity index (χ3n) is 5.76. The lowest BCUT2D eigenvalue weighted by atomic mass is 9.86. The van der Waals surface area contributed by atoms with E-state index in [2.05, 4.69) is 15.6 Å². The first kappa shape index (κ1) is 25.2. The van der Waals surface area contributed by atoms with Crippen LogP contribution in [0.1, 0.15) is 33.3 Å². The van der Waals surface area contributed by atoms with Crippen molar-refractivity contribution in [1.29, 1.82) is 0 Å². The van der Waals surface area contributed by atoms with Crippen LogP contribution in [-0.2, 0) is 25.5 Å². The van der Waals surface area contributed by atoms with Crippen LogP contribution in [0.25, 0.3) is 0 Å². The SMILES string of the molecule is CC1=C(C(=O)NCCO)C(=O)[N+]2=C3C1=NC=C(Cc1ccc(F)cc1)C3OC(C(=O)NC(C)(C)C)=C2. The van der Waals surface area contributed by atoms with Crippen molar-refractivity contribution in [2.24, 2.45) is 4.99 Å². The molecule has 188 valence electrons. The molecule has 1 aromatic rings. The summed E-state index contributed by atoms with van der Waals surface area (Å²) in [4.78, 5) is 43.9. The number of carbonyl (C=O) groups is 3. The number of amides is 3.